The number of halogens is 1. The van der Waals surface area contributed by atoms with Crippen LogP contribution in [0.2, 0.25) is 5.02 Å². The van der Waals surface area contributed by atoms with Crippen LogP contribution in [0, 0.1) is 0 Å². The molecule has 5 heteroatoms. The zero-order valence-corrected chi connectivity index (χ0v) is 11.8. The second-order valence-electron chi connectivity index (χ2n) is 4.38. The molecular formula is C15H15ClN2O2. The fourth-order valence-electron chi connectivity index (χ4n) is 1.81. The summed E-state index contributed by atoms with van der Waals surface area (Å²) in [5.74, 6) is -0.356. The van der Waals surface area contributed by atoms with Crippen LogP contribution in [0.4, 0.5) is 0 Å². The molecule has 20 heavy (non-hydrogen) atoms. The highest BCUT2D eigenvalue weighted by atomic mass is 35.5. The molecule has 1 aromatic carbocycles. The highest BCUT2D eigenvalue weighted by molar-refractivity contribution is 6.30. The van der Waals surface area contributed by atoms with E-state index in [4.69, 9.17) is 11.6 Å². The van der Waals surface area contributed by atoms with Gasteiger partial charge in [0.2, 0.25) is 0 Å². The summed E-state index contributed by atoms with van der Waals surface area (Å²) in [7, 11) is 0. The number of aromatic nitrogens is 1. The van der Waals surface area contributed by atoms with Crippen LogP contribution in [0.3, 0.4) is 0 Å². The first-order chi connectivity index (χ1) is 9.61. The zero-order chi connectivity index (χ0) is 14.5. The number of hydrogen-bond donors (Lipinski definition) is 2. The fraction of sp³-hybridized carbons (Fsp3) is 0.200. The second-order valence-corrected chi connectivity index (χ2v) is 4.82. The molecule has 0 aliphatic rings. The molecule has 2 aromatic rings. The predicted octanol–water partition coefficient (Wildman–Crippen LogP) is 2.84. The molecule has 2 rings (SSSR count). The molecule has 104 valence electrons. The molecule has 0 aliphatic heterocycles. The standard InChI is InChI=1S/C15H15ClN2O2/c1-2-8-17-14(19)12-6-7-13(18-15(12)20)10-4-3-5-11(16)9-10/h3-7,9H,2,8H2,1H3,(H,17,19)(H,18,20). The van der Waals surface area contributed by atoms with Crippen LogP contribution in [0.1, 0.15) is 23.7 Å². The van der Waals surface area contributed by atoms with E-state index < -0.39 is 5.56 Å². The Hall–Kier alpha value is -2.07. The van der Waals surface area contributed by atoms with E-state index in [2.05, 4.69) is 10.3 Å². The molecule has 0 spiro atoms. The molecule has 0 unspecified atom stereocenters. The van der Waals surface area contributed by atoms with Crippen molar-refractivity contribution in [1.29, 1.82) is 0 Å². The number of benzene rings is 1. The molecule has 0 saturated heterocycles. The van der Waals surface area contributed by atoms with Gasteiger partial charge in [-0.1, -0.05) is 30.7 Å². The van der Waals surface area contributed by atoms with E-state index in [1.807, 2.05) is 13.0 Å². The third-order valence-electron chi connectivity index (χ3n) is 2.83. The quantitative estimate of drug-likeness (QED) is 0.909. The Labute approximate surface area is 121 Å². The Morgan fingerprint density at radius 2 is 2.10 bits per heavy atom. The van der Waals surface area contributed by atoms with Gasteiger partial charge in [0.1, 0.15) is 5.56 Å². The largest absolute Gasteiger partial charge is 0.352 e. The molecule has 4 nitrogen and oxygen atoms in total. The van der Waals surface area contributed by atoms with Gasteiger partial charge in [0.05, 0.1) is 0 Å². The Morgan fingerprint density at radius 1 is 1.30 bits per heavy atom. The maximum absolute atomic E-state index is 12.0. The van der Waals surface area contributed by atoms with E-state index in [1.165, 1.54) is 6.07 Å². The summed E-state index contributed by atoms with van der Waals surface area (Å²) >= 11 is 5.92. The average Bonchev–Trinajstić information content (AvgIpc) is 2.44. The highest BCUT2D eigenvalue weighted by Gasteiger charge is 2.10. The molecule has 1 aromatic heterocycles. The van der Waals surface area contributed by atoms with Crippen molar-refractivity contribution in [3.8, 4) is 11.3 Å². The fourth-order valence-corrected chi connectivity index (χ4v) is 2.00. The zero-order valence-electron chi connectivity index (χ0n) is 11.1. The minimum Gasteiger partial charge on any atom is -0.352 e. The van der Waals surface area contributed by atoms with Gasteiger partial charge in [-0.05, 0) is 36.2 Å². The number of H-pyrrole nitrogens is 1. The summed E-state index contributed by atoms with van der Waals surface area (Å²) in [6, 6.07) is 10.4. The number of nitrogens with one attached hydrogen (secondary N) is 2. The Morgan fingerprint density at radius 3 is 2.75 bits per heavy atom. The number of carbonyl (C=O) groups excluding carboxylic acids is 1. The Bertz CT molecular complexity index is 680. The van der Waals surface area contributed by atoms with E-state index >= 15 is 0 Å². The van der Waals surface area contributed by atoms with Crippen molar-refractivity contribution in [2.75, 3.05) is 6.54 Å². The van der Waals surface area contributed by atoms with E-state index in [0.717, 1.165) is 12.0 Å². The Balaban J connectivity index is 2.30. The van der Waals surface area contributed by atoms with Crippen LogP contribution < -0.4 is 10.9 Å². The maximum Gasteiger partial charge on any atom is 0.261 e. The molecule has 1 heterocycles. The van der Waals surface area contributed by atoms with Crippen molar-refractivity contribution in [3.05, 3.63) is 57.3 Å². The summed E-state index contributed by atoms with van der Waals surface area (Å²) in [5.41, 5.74) is 1.14. The smallest absolute Gasteiger partial charge is 0.261 e. The number of hydrogen-bond acceptors (Lipinski definition) is 2. The molecule has 0 fully saturated rings. The monoisotopic (exact) mass is 290 g/mol. The first-order valence-electron chi connectivity index (χ1n) is 6.39. The molecule has 2 N–H and O–H groups in total. The Kier molecular flexibility index (Phi) is 4.58. The number of aromatic amines is 1. The van der Waals surface area contributed by atoms with Gasteiger partial charge in [-0.3, -0.25) is 9.59 Å². The van der Waals surface area contributed by atoms with Crippen molar-refractivity contribution in [2.45, 2.75) is 13.3 Å². The minimum absolute atomic E-state index is 0.115. The summed E-state index contributed by atoms with van der Waals surface area (Å²) in [6.45, 7) is 2.50. The van der Waals surface area contributed by atoms with Crippen LogP contribution in [0.25, 0.3) is 11.3 Å². The first kappa shape index (κ1) is 14.3. The van der Waals surface area contributed by atoms with Crippen LogP contribution >= 0.6 is 11.6 Å². The van der Waals surface area contributed by atoms with E-state index in [0.29, 0.717) is 17.3 Å². The van der Waals surface area contributed by atoms with Crippen molar-refractivity contribution < 1.29 is 4.79 Å². The van der Waals surface area contributed by atoms with Gasteiger partial charge in [0.15, 0.2) is 0 Å². The maximum atomic E-state index is 12.0. The SMILES string of the molecule is CCCNC(=O)c1ccc(-c2cccc(Cl)c2)[nH]c1=O. The number of carbonyl (C=O) groups is 1. The summed E-state index contributed by atoms with van der Waals surface area (Å²) in [5, 5.41) is 3.27. The van der Waals surface area contributed by atoms with Gasteiger partial charge >= 0.3 is 0 Å². The lowest BCUT2D eigenvalue weighted by Gasteiger charge is -2.05. The molecule has 1 amide bonds. The van der Waals surface area contributed by atoms with Gasteiger partial charge in [-0.25, -0.2) is 0 Å². The lowest BCUT2D eigenvalue weighted by atomic mass is 10.1. The minimum atomic E-state index is -0.406. The van der Waals surface area contributed by atoms with Crippen LogP contribution in [0.15, 0.2) is 41.2 Å². The number of rotatable bonds is 4. The van der Waals surface area contributed by atoms with Crippen molar-refractivity contribution in [2.24, 2.45) is 0 Å². The third-order valence-corrected chi connectivity index (χ3v) is 3.06. The molecule has 0 saturated carbocycles. The summed E-state index contributed by atoms with van der Waals surface area (Å²) in [4.78, 5) is 26.4. The van der Waals surface area contributed by atoms with Crippen molar-refractivity contribution in [1.82, 2.24) is 10.3 Å². The lowest BCUT2D eigenvalue weighted by Crippen LogP contribution is -2.30. The number of amides is 1. The van der Waals surface area contributed by atoms with E-state index in [1.54, 1.807) is 24.3 Å². The third kappa shape index (κ3) is 3.27. The van der Waals surface area contributed by atoms with E-state index in [9.17, 15) is 9.59 Å². The van der Waals surface area contributed by atoms with Crippen molar-refractivity contribution >= 4 is 17.5 Å². The number of pyridine rings is 1. The van der Waals surface area contributed by atoms with Crippen LogP contribution in [-0.2, 0) is 0 Å². The van der Waals surface area contributed by atoms with Gasteiger partial charge in [0.25, 0.3) is 11.5 Å². The molecule has 0 aliphatic carbocycles. The van der Waals surface area contributed by atoms with Crippen LogP contribution in [-0.4, -0.2) is 17.4 Å². The predicted molar refractivity (Wildman–Crippen MR) is 80.1 cm³/mol. The van der Waals surface area contributed by atoms with Gasteiger partial charge < -0.3 is 10.3 Å². The molecule has 0 atom stereocenters. The van der Waals surface area contributed by atoms with Crippen molar-refractivity contribution in [3.63, 3.8) is 0 Å². The normalized spacial score (nSPS) is 10.3. The average molecular weight is 291 g/mol. The second kappa shape index (κ2) is 6.39. The molecule has 0 radical (unpaired) electrons. The summed E-state index contributed by atoms with van der Waals surface area (Å²) < 4.78 is 0. The summed E-state index contributed by atoms with van der Waals surface area (Å²) in [6.07, 6.45) is 0.824. The molecular weight excluding hydrogens is 276 g/mol. The van der Waals surface area contributed by atoms with Crippen LogP contribution in [0.5, 0.6) is 0 Å². The topological polar surface area (TPSA) is 62.0 Å². The first-order valence-corrected chi connectivity index (χ1v) is 6.77. The highest BCUT2D eigenvalue weighted by Crippen LogP contribution is 2.19. The van der Waals surface area contributed by atoms with Gasteiger partial charge in [0, 0.05) is 17.3 Å². The van der Waals surface area contributed by atoms with Gasteiger partial charge in [-0.2, -0.15) is 0 Å². The van der Waals surface area contributed by atoms with Gasteiger partial charge in [-0.15, -0.1) is 0 Å². The van der Waals surface area contributed by atoms with E-state index in [-0.39, 0.29) is 11.5 Å². The lowest BCUT2D eigenvalue weighted by molar-refractivity contribution is 0.0952. The molecule has 0 bridgehead atoms.